The molecule has 0 aliphatic heterocycles. The topological polar surface area (TPSA) is 76.2 Å². The Hall–Kier alpha value is -3.80. The highest BCUT2D eigenvalue weighted by Crippen LogP contribution is 2.30. The molecule has 152 valence electrons. The van der Waals surface area contributed by atoms with E-state index in [0.717, 1.165) is 33.5 Å². The molecular weight excluding hydrogens is 378 g/mol. The van der Waals surface area contributed by atoms with Gasteiger partial charge in [0.05, 0.1) is 23.8 Å². The van der Waals surface area contributed by atoms with Gasteiger partial charge in [0.1, 0.15) is 17.3 Å². The van der Waals surface area contributed by atoms with Gasteiger partial charge in [-0.2, -0.15) is 0 Å². The molecule has 0 aliphatic carbocycles. The lowest BCUT2D eigenvalue weighted by Gasteiger charge is -2.12. The Kier molecular flexibility index (Phi) is 5.39. The number of imidazole rings is 1. The van der Waals surface area contributed by atoms with Gasteiger partial charge in [0.25, 0.3) is 5.91 Å². The minimum atomic E-state index is -0.269. The van der Waals surface area contributed by atoms with E-state index in [2.05, 4.69) is 21.4 Å². The van der Waals surface area contributed by atoms with Crippen molar-refractivity contribution in [1.82, 2.24) is 9.97 Å². The number of ether oxygens (including phenoxy) is 2. The summed E-state index contributed by atoms with van der Waals surface area (Å²) in [7, 11) is 1.57. The number of hydrogen-bond acceptors (Lipinski definition) is 4. The molecule has 0 bridgehead atoms. The van der Waals surface area contributed by atoms with E-state index in [0.29, 0.717) is 17.2 Å². The Balaban J connectivity index is 1.52. The van der Waals surface area contributed by atoms with Crippen LogP contribution in [0.1, 0.15) is 11.1 Å². The number of para-hydroxylation sites is 2. The molecule has 4 rings (SSSR count). The highest BCUT2D eigenvalue weighted by Gasteiger charge is 2.12. The molecule has 4 aromatic rings. The van der Waals surface area contributed by atoms with Crippen LogP contribution in [0.25, 0.3) is 22.4 Å². The van der Waals surface area contributed by atoms with Crippen molar-refractivity contribution in [2.45, 2.75) is 13.8 Å². The number of methoxy groups -OCH3 is 1. The molecule has 6 heteroatoms. The normalized spacial score (nSPS) is 10.8. The summed E-state index contributed by atoms with van der Waals surface area (Å²) < 4.78 is 11.1. The zero-order valence-corrected chi connectivity index (χ0v) is 17.2. The molecule has 6 nitrogen and oxygen atoms in total. The Morgan fingerprint density at radius 1 is 1.03 bits per heavy atom. The molecule has 30 heavy (non-hydrogen) atoms. The first kappa shape index (κ1) is 19.5. The van der Waals surface area contributed by atoms with Crippen LogP contribution in [0.4, 0.5) is 5.69 Å². The Morgan fingerprint density at radius 2 is 1.80 bits per heavy atom. The van der Waals surface area contributed by atoms with Crippen molar-refractivity contribution in [1.29, 1.82) is 0 Å². The third-order valence-corrected chi connectivity index (χ3v) is 4.70. The fourth-order valence-electron chi connectivity index (χ4n) is 3.39. The van der Waals surface area contributed by atoms with Crippen LogP contribution >= 0.6 is 0 Å². The number of hydrogen-bond donors (Lipinski definition) is 2. The maximum absolute atomic E-state index is 12.5. The summed E-state index contributed by atoms with van der Waals surface area (Å²) in [5.41, 5.74) is 5.42. The standard InChI is InChI=1S/C24H23N3O3/c1-15-10-16(2)12-18(11-15)30-14-23(28)25-21-13-17(8-9-22(21)29-3)24-26-19-6-4-5-7-20(19)27-24/h4-13H,14H2,1-3H3,(H,25,28)(H,26,27). The predicted octanol–water partition coefficient (Wildman–Crippen LogP) is 4.87. The first-order valence-corrected chi connectivity index (χ1v) is 9.66. The maximum atomic E-state index is 12.5. The van der Waals surface area contributed by atoms with Gasteiger partial charge in [-0.3, -0.25) is 4.79 Å². The summed E-state index contributed by atoms with van der Waals surface area (Å²) in [6, 6.07) is 19.2. The van der Waals surface area contributed by atoms with Crippen LogP contribution in [-0.4, -0.2) is 29.6 Å². The van der Waals surface area contributed by atoms with Gasteiger partial charge >= 0.3 is 0 Å². The fourth-order valence-corrected chi connectivity index (χ4v) is 3.39. The van der Waals surface area contributed by atoms with Gasteiger partial charge in [-0.15, -0.1) is 0 Å². The Bertz CT molecular complexity index is 1160. The van der Waals surface area contributed by atoms with Crippen LogP contribution in [0.3, 0.4) is 0 Å². The molecule has 0 spiro atoms. The molecule has 2 N–H and O–H groups in total. The summed E-state index contributed by atoms with van der Waals surface area (Å²) in [6.07, 6.45) is 0. The zero-order valence-electron chi connectivity index (χ0n) is 17.2. The van der Waals surface area contributed by atoms with E-state index < -0.39 is 0 Å². The molecule has 0 aliphatic rings. The second-order valence-electron chi connectivity index (χ2n) is 7.18. The summed E-state index contributed by atoms with van der Waals surface area (Å²) in [5, 5.41) is 2.87. The average molecular weight is 401 g/mol. The summed E-state index contributed by atoms with van der Waals surface area (Å²) in [6.45, 7) is 3.89. The average Bonchev–Trinajstić information content (AvgIpc) is 3.16. The van der Waals surface area contributed by atoms with E-state index in [1.807, 2.05) is 68.4 Å². The summed E-state index contributed by atoms with van der Waals surface area (Å²) in [5.74, 6) is 1.69. The molecule has 1 amide bonds. The number of benzene rings is 3. The number of aromatic amines is 1. The van der Waals surface area contributed by atoms with Gasteiger partial charge in [0.2, 0.25) is 0 Å². The molecule has 0 unspecified atom stereocenters. The van der Waals surface area contributed by atoms with Gasteiger partial charge in [0.15, 0.2) is 6.61 Å². The van der Waals surface area contributed by atoms with Crippen LogP contribution in [0, 0.1) is 13.8 Å². The molecule has 0 radical (unpaired) electrons. The number of rotatable bonds is 6. The van der Waals surface area contributed by atoms with Gasteiger partial charge < -0.3 is 19.8 Å². The monoisotopic (exact) mass is 401 g/mol. The zero-order chi connectivity index (χ0) is 21.1. The van der Waals surface area contributed by atoms with Gasteiger partial charge in [-0.05, 0) is 67.4 Å². The third-order valence-electron chi connectivity index (χ3n) is 4.70. The number of H-pyrrole nitrogens is 1. The third kappa shape index (κ3) is 4.27. The Morgan fingerprint density at radius 3 is 2.53 bits per heavy atom. The van der Waals surface area contributed by atoms with Gasteiger partial charge in [-0.1, -0.05) is 18.2 Å². The lowest BCUT2D eigenvalue weighted by atomic mass is 10.1. The number of nitrogens with one attached hydrogen (secondary N) is 2. The van der Waals surface area contributed by atoms with Crippen molar-refractivity contribution < 1.29 is 14.3 Å². The second-order valence-corrected chi connectivity index (χ2v) is 7.18. The van der Waals surface area contributed by atoms with Crippen molar-refractivity contribution in [3.8, 4) is 22.9 Å². The highest BCUT2D eigenvalue weighted by atomic mass is 16.5. The van der Waals surface area contributed by atoms with Crippen molar-refractivity contribution in [2.75, 3.05) is 19.0 Å². The number of fused-ring (bicyclic) bond motifs is 1. The molecule has 0 saturated heterocycles. The minimum absolute atomic E-state index is 0.0963. The van der Waals surface area contributed by atoms with Gasteiger partial charge in [0, 0.05) is 5.56 Å². The quantitative estimate of drug-likeness (QED) is 0.483. The van der Waals surface area contributed by atoms with E-state index in [1.54, 1.807) is 7.11 Å². The summed E-state index contributed by atoms with van der Waals surface area (Å²) in [4.78, 5) is 20.4. The van der Waals surface area contributed by atoms with Crippen LogP contribution in [0.2, 0.25) is 0 Å². The number of aromatic nitrogens is 2. The maximum Gasteiger partial charge on any atom is 0.262 e. The predicted molar refractivity (Wildman–Crippen MR) is 118 cm³/mol. The lowest BCUT2D eigenvalue weighted by molar-refractivity contribution is -0.118. The minimum Gasteiger partial charge on any atom is -0.495 e. The number of amides is 1. The second kappa shape index (κ2) is 8.29. The van der Waals surface area contributed by atoms with Crippen molar-refractivity contribution in [2.24, 2.45) is 0 Å². The van der Waals surface area contributed by atoms with Crippen molar-refractivity contribution >= 4 is 22.6 Å². The number of aryl methyl sites for hydroxylation is 2. The fraction of sp³-hybridized carbons (Fsp3) is 0.167. The van der Waals surface area contributed by atoms with E-state index in [1.165, 1.54) is 0 Å². The molecule has 1 heterocycles. The first-order valence-electron chi connectivity index (χ1n) is 9.66. The van der Waals surface area contributed by atoms with Crippen LogP contribution in [-0.2, 0) is 4.79 Å². The molecular formula is C24H23N3O3. The van der Waals surface area contributed by atoms with Crippen LogP contribution in [0.15, 0.2) is 60.7 Å². The molecule has 0 atom stereocenters. The highest BCUT2D eigenvalue weighted by molar-refractivity contribution is 5.94. The van der Waals surface area contributed by atoms with E-state index in [-0.39, 0.29) is 12.5 Å². The van der Waals surface area contributed by atoms with Crippen molar-refractivity contribution in [3.63, 3.8) is 0 Å². The molecule has 0 fully saturated rings. The number of nitrogens with zero attached hydrogens (tertiary/aromatic N) is 1. The smallest absolute Gasteiger partial charge is 0.262 e. The van der Waals surface area contributed by atoms with Crippen LogP contribution in [0.5, 0.6) is 11.5 Å². The van der Waals surface area contributed by atoms with E-state index in [9.17, 15) is 4.79 Å². The first-order chi connectivity index (χ1) is 14.5. The lowest BCUT2D eigenvalue weighted by Crippen LogP contribution is -2.20. The molecule has 0 saturated carbocycles. The van der Waals surface area contributed by atoms with Crippen LogP contribution < -0.4 is 14.8 Å². The summed E-state index contributed by atoms with van der Waals surface area (Å²) >= 11 is 0. The Labute approximate surface area is 174 Å². The number of anilines is 1. The van der Waals surface area contributed by atoms with Gasteiger partial charge in [-0.25, -0.2) is 4.98 Å². The molecule has 1 aromatic heterocycles. The van der Waals surface area contributed by atoms with Crippen molar-refractivity contribution in [3.05, 3.63) is 71.8 Å². The SMILES string of the molecule is COc1ccc(-c2nc3ccccc3[nH]2)cc1NC(=O)COc1cc(C)cc(C)c1. The van der Waals surface area contributed by atoms with E-state index >= 15 is 0 Å². The number of carbonyl (C=O) groups excluding carboxylic acids is 1. The number of carbonyl (C=O) groups is 1. The van der Waals surface area contributed by atoms with E-state index in [4.69, 9.17) is 9.47 Å². The molecule has 3 aromatic carbocycles. The largest absolute Gasteiger partial charge is 0.495 e.